The van der Waals surface area contributed by atoms with E-state index in [1.807, 2.05) is 23.1 Å². The summed E-state index contributed by atoms with van der Waals surface area (Å²) in [5, 5.41) is 3.54. The Hall–Kier alpha value is -4.16. The van der Waals surface area contributed by atoms with Crippen molar-refractivity contribution in [1.82, 2.24) is 19.3 Å². The van der Waals surface area contributed by atoms with Crippen molar-refractivity contribution in [2.75, 3.05) is 26.2 Å². The maximum Gasteiger partial charge on any atom is 0.247 e. The number of para-hydroxylation sites is 1. The summed E-state index contributed by atoms with van der Waals surface area (Å²) in [6.45, 7) is 4.15. The summed E-state index contributed by atoms with van der Waals surface area (Å²) in [4.78, 5) is 32.9. The van der Waals surface area contributed by atoms with E-state index in [1.165, 1.54) is 22.0 Å². The number of rotatable bonds is 6. The van der Waals surface area contributed by atoms with Crippen LogP contribution in [0.4, 0.5) is 0 Å². The molecule has 0 bridgehead atoms. The average Bonchev–Trinajstić information content (AvgIpc) is 3.33. The van der Waals surface area contributed by atoms with Gasteiger partial charge in [0.15, 0.2) is 0 Å². The fourth-order valence-corrected chi connectivity index (χ4v) is 6.61. The Morgan fingerprint density at radius 2 is 1.60 bits per heavy atom. The first-order valence-electron chi connectivity index (χ1n) is 14.3. The summed E-state index contributed by atoms with van der Waals surface area (Å²) >= 11 is 0. The maximum absolute atomic E-state index is 13.8. The molecule has 3 aromatic carbocycles. The number of piperazine rings is 2. The number of hydrogen-bond donors (Lipinski definition) is 0. The van der Waals surface area contributed by atoms with E-state index in [0.717, 1.165) is 48.8 Å². The molecule has 2 saturated heterocycles. The van der Waals surface area contributed by atoms with Crippen LogP contribution in [0.3, 0.4) is 0 Å². The molecule has 4 aromatic rings. The smallest absolute Gasteiger partial charge is 0.247 e. The highest BCUT2D eigenvalue weighted by atomic mass is 16.2. The first kappa shape index (κ1) is 24.9. The minimum atomic E-state index is -0.434. The Kier molecular flexibility index (Phi) is 6.48. The van der Waals surface area contributed by atoms with E-state index in [2.05, 4.69) is 82.4 Å². The largest absolute Gasteiger partial charge is 0.343 e. The summed E-state index contributed by atoms with van der Waals surface area (Å²) in [6.07, 6.45) is 11.3. The van der Waals surface area contributed by atoms with Crippen LogP contribution in [0, 0.1) is 0 Å². The molecule has 0 spiro atoms. The molecule has 2 fully saturated rings. The molecule has 6 nitrogen and oxygen atoms in total. The van der Waals surface area contributed by atoms with Crippen molar-refractivity contribution in [3.8, 4) is 0 Å². The summed E-state index contributed by atoms with van der Waals surface area (Å²) in [7, 11) is 0. The SMILES string of the molecule is O=C1C2CN(Cc3cn(CC4=CCCC=C4)c4ccccc34)CCN2C(=O)CN1Cc1cccc2ccccc12. The van der Waals surface area contributed by atoms with Gasteiger partial charge in [0.2, 0.25) is 11.8 Å². The van der Waals surface area contributed by atoms with Gasteiger partial charge in [-0.05, 0) is 46.4 Å². The van der Waals surface area contributed by atoms with Crippen molar-refractivity contribution in [3.63, 3.8) is 0 Å². The number of hydrogen-bond acceptors (Lipinski definition) is 3. The van der Waals surface area contributed by atoms with Crippen LogP contribution in [-0.4, -0.2) is 63.3 Å². The third-order valence-electron chi connectivity index (χ3n) is 8.64. The van der Waals surface area contributed by atoms with Crippen molar-refractivity contribution in [3.05, 3.63) is 108 Å². The van der Waals surface area contributed by atoms with Crippen LogP contribution in [0.1, 0.15) is 24.0 Å². The first-order chi connectivity index (χ1) is 19.6. The van der Waals surface area contributed by atoms with Gasteiger partial charge in [0.25, 0.3) is 0 Å². The second-order valence-corrected chi connectivity index (χ2v) is 11.2. The van der Waals surface area contributed by atoms with Gasteiger partial charge >= 0.3 is 0 Å². The van der Waals surface area contributed by atoms with Crippen molar-refractivity contribution in [2.24, 2.45) is 0 Å². The fraction of sp³-hybridized carbons (Fsp3) is 0.294. The number of carbonyl (C=O) groups is 2. The van der Waals surface area contributed by atoms with E-state index in [-0.39, 0.29) is 18.4 Å². The number of fused-ring (bicyclic) bond motifs is 3. The van der Waals surface area contributed by atoms with Crippen LogP contribution in [0.2, 0.25) is 0 Å². The highest BCUT2D eigenvalue weighted by Crippen LogP contribution is 2.28. The average molecular weight is 531 g/mol. The Bertz CT molecular complexity index is 1660. The molecule has 0 saturated carbocycles. The molecular weight excluding hydrogens is 496 g/mol. The van der Waals surface area contributed by atoms with Crippen LogP contribution in [-0.2, 0) is 29.2 Å². The summed E-state index contributed by atoms with van der Waals surface area (Å²) < 4.78 is 2.35. The zero-order valence-electron chi connectivity index (χ0n) is 22.7. The van der Waals surface area contributed by atoms with E-state index >= 15 is 0 Å². The minimum Gasteiger partial charge on any atom is -0.343 e. The van der Waals surface area contributed by atoms with Crippen molar-refractivity contribution in [2.45, 2.75) is 38.5 Å². The lowest BCUT2D eigenvalue weighted by molar-refractivity contribution is -0.160. The normalized spacial score (nSPS) is 19.9. The number of amides is 2. The lowest BCUT2D eigenvalue weighted by Gasteiger charge is -2.46. The molecule has 2 aliphatic heterocycles. The molecule has 0 radical (unpaired) electrons. The molecule has 1 unspecified atom stereocenters. The van der Waals surface area contributed by atoms with E-state index in [1.54, 1.807) is 4.90 Å². The van der Waals surface area contributed by atoms with Crippen LogP contribution >= 0.6 is 0 Å². The quantitative estimate of drug-likeness (QED) is 0.348. The van der Waals surface area contributed by atoms with Crippen LogP contribution < -0.4 is 0 Å². The predicted octanol–water partition coefficient (Wildman–Crippen LogP) is 5.13. The van der Waals surface area contributed by atoms with Crippen molar-refractivity contribution in [1.29, 1.82) is 0 Å². The molecule has 3 heterocycles. The second-order valence-electron chi connectivity index (χ2n) is 11.2. The maximum atomic E-state index is 13.8. The molecular formula is C34H34N4O2. The Balaban J connectivity index is 1.10. The third kappa shape index (κ3) is 4.62. The molecule has 1 aliphatic carbocycles. The zero-order valence-corrected chi connectivity index (χ0v) is 22.7. The van der Waals surface area contributed by atoms with Gasteiger partial charge in [-0.2, -0.15) is 0 Å². The summed E-state index contributed by atoms with van der Waals surface area (Å²) in [5.74, 6) is 0.102. The summed E-state index contributed by atoms with van der Waals surface area (Å²) in [5.41, 5.74) is 4.94. The second kappa shape index (κ2) is 10.4. The lowest BCUT2D eigenvalue weighted by atomic mass is 10.0. The zero-order chi connectivity index (χ0) is 27.1. The van der Waals surface area contributed by atoms with Crippen LogP contribution in [0.25, 0.3) is 21.7 Å². The predicted molar refractivity (Wildman–Crippen MR) is 159 cm³/mol. The molecule has 40 heavy (non-hydrogen) atoms. The number of aromatic nitrogens is 1. The minimum absolute atomic E-state index is 0.0508. The molecule has 1 aromatic heterocycles. The molecule has 1 atom stereocenters. The van der Waals surface area contributed by atoms with Gasteiger partial charge in [0, 0.05) is 56.4 Å². The van der Waals surface area contributed by atoms with Crippen LogP contribution in [0.5, 0.6) is 0 Å². The van der Waals surface area contributed by atoms with E-state index < -0.39 is 6.04 Å². The topological polar surface area (TPSA) is 48.8 Å². The molecule has 202 valence electrons. The Labute approximate surface area is 234 Å². The van der Waals surface area contributed by atoms with Gasteiger partial charge in [-0.25, -0.2) is 0 Å². The van der Waals surface area contributed by atoms with Gasteiger partial charge in [-0.1, -0.05) is 78.9 Å². The van der Waals surface area contributed by atoms with Crippen molar-refractivity contribution >= 4 is 33.5 Å². The van der Waals surface area contributed by atoms with E-state index in [9.17, 15) is 9.59 Å². The molecule has 6 heteroatoms. The van der Waals surface area contributed by atoms with Crippen molar-refractivity contribution < 1.29 is 9.59 Å². The third-order valence-corrected chi connectivity index (χ3v) is 8.64. The number of allylic oxidation sites excluding steroid dienone is 4. The van der Waals surface area contributed by atoms with E-state index in [0.29, 0.717) is 19.6 Å². The molecule has 3 aliphatic rings. The monoisotopic (exact) mass is 530 g/mol. The standard InChI is InChI=1S/C34H34N4O2/c39-33-24-37(21-27-13-8-12-26-11-4-5-14-29(26)27)34(40)32-23-35(17-18-38(32)33)20-28-22-36(19-25-9-2-1-3-10-25)31-16-7-6-15-30(28)31/h2,4-16,22,32H,1,3,17-21,23-24H2. The highest BCUT2D eigenvalue weighted by molar-refractivity contribution is 5.96. The first-order valence-corrected chi connectivity index (χ1v) is 14.3. The molecule has 0 N–H and O–H groups in total. The van der Waals surface area contributed by atoms with Gasteiger partial charge in [0.05, 0.1) is 0 Å². The van der Waals surface area contributed by atoms with Gasteiger partial charge in [0.1, 0.15) is 12.6 Å². The number of carbonyl (C=O) groups excluding carboxylic acids is 2. The number of nitrogens with zero attached hydrogens (tertiary/aromatic N) is 4. The number of benzene rings is 3. The highest BCUT2D eigenvalue weighted by Gasteiger charge is 2.42. The van der Waals surface area contributed by atoms with Crippen LogP contribution in [0.15, 0.2) is 96.7 Å². The fourth-order valence-electron chi connectivity index (χ4n) is 6.61. The lowest BCUT2D eigenvalue weighted by Crippen LogP contribution is -2.66. The van der Waals surface area contributed by atoms with Gasteiger partial charge < -0.3 is 14.4 Å². The Morgan fingerprint density at radius 3 is 2.48 bits per heavy atom. The molecule has 7 rings (SSSR count). The van der Waals surface area contributed by atoms with Gasteiger partial charge in [-0.3, -0.25) is 14.5 Å². The van der Waals surface area contributed by atoms with Gasteiger partial charge in [-0.15, -0.1) is 0 Å². The Morgan fingerprint density at radius 1 is 0.775 bits per heavy atom. The molecule has 2 amide bonds. The summed E-state index contributed by atoms with van der Waals surface area (Å²) in [6, 6.07) is 22.6. The van der Waals surface area contributed by atoms with E-state index in [4.69, 9.17) is 0 Å².